The molecule has 0 fully saturated rings. The second kappa shape index (κ2) is 21.3. The number of hydrogen-bond acceptors (Lipinski definition) is 0. The van der Waals surface area contributed by atoms with Gasteiger partial charge < -0.3 is 24.8 Å². The van der Waals surface area contributed by atoms with E-state index in [-0.39, 0.29) is 69.8 Å². The van der Waals surface area contributed by atoms with Crippen LogP contribution in [0.25, 0.3) is 0 Å². The second-order valence-corrected chi connectivity index (χ2v) is 4.28. The normalized spacial score (nSPS) is 16.8. The molecule has 0 nitrogen and oxygen atoms in total. The standard InChI is InChI=1S/2C8H12.2ClH.Ra/c2*1-2-4-6-8-7-5-3-1;;;/h2*1-4H,5-8H2;2*1H;/q;;;;+2/p-2. The topological polar surface area (TPSA) is 0 Å². The molecule has 2 aliphatic carbocycles. The molecule has 0 saturated heterocycles. The minimum atomic E-state index is 0. The van der Waals surface area contributed by atoms with E-state index in [1.54, 1.807) is 0 Å². The van der Waals surface area contributed by atoms with Crippen LogP contribution < -0.4 is 24.8 Å². The molecule has 0 heterocycles. The quantitative estimate of drug-likeness (QED) is 0.405. The maximum absolute atomic E-state index is 2.23. The van der Waals surface area contributed by atoms with Gasteiger partial charge in [0.25, 0.3) is 0 Å². The van der Waals surface area contributed by atoms with Crippen molar-refractivity contribution < 1.29 is 69.8 Å². The molecule has 3 heteroatoms. The van der Waals surface area contributed by atoms with Crippen LogP contribution in [-0.2, 0) is 0 Å². The fraction of sp³-hybridized carbons (Fsp3) is 0.500. The molecule has 0 saturated carbocycles. The van der Waals surface area contributed by atoms with E-state index < -0.39 is 0 Å². The van der Waals surface area contributed by atoms with Crippen molar-refractivity contribution in [2.45, 2.75) is 51.4 Å². The number of rotatable bonds is 0. The molecule has 19 heavy (non-hydrogen) atoms. The molecule has 2 rings (SSSR count). The molecule has 0 spiro atoms. The molecule has 2 aliphatic rings. The molecular formula is C16H24Cl2Ra. The van der Waals surface area contributed by atoms with Gasteiger partial charge >= 0.3 is 45.0 Å². The van der Waals surface area contributed by atoms with E-state index in [1.807, 2.05) is 0 Å². The molecule has 0 atom stereocenters. The van der Waals surface area contributed by atoms with Gasteiger partial charge in [0, 0.05) is 0 Å². The van der Waals surface area contributed by atoms with E-state index in [2.05, 4.69) is 48.6 Å². The molecule has 0 aromatic heterocycles. The molecule has 0 unspecified atom stereocenters. The van der Waals surface area contributed by atoms with E-state index in [4.69, 9.17) is 0 Å². The first-order valence-corrected chi connectivity index (χ1v) is 6.63. The Morgan fingerprint density at radius 3 is 0.842 bits per heavy atom. The third-order valence-electron chi connectivity index (χ3n) is 2.75. The minimum Gasteiger partial charge on any atom is -1.00 e. The summed E-state index contributed by atoms with van der Waals surface area (Å²) < 4.78 is 0. The van der Waals surface area contributed by atoms with Gasteiger partial charge in [-0.15, -0.1) is 0 Å². The van der Waals surface area contributed by atoms with Crippen molar-refractivity contribution in [3.63, 3.8) is 0 Å². The van der Waals surface area contributed by atoms with Gasteiger partial charge in [-0.1, -0.05) is 48.6 Å². The Hall–Kier alpha value is 1.01. The summed E-state index contributed by atoms with van der Waals surface area (Å²) in [5.41, 5.74) is 0. The zero-order chi connectivity index (χ0) is 11.3. The van der Waals surface area contributed by atoms with Crippen LogP contribution in [0.1, 0.15) is 51.4 Å². The first-order chi connectivity index (χ1) is 8.00. The summed E-state index contributed by atoms with van der Waals surface area (Å²) in [5, 5.41) is 0. The van der Waals surface area contributed by atoms with Gasteiger partial charge in [-0.25, -0.2) is 0 Å². The van der Waals surface area contributed by atoms with Crippen LogP contribution in [0.4, 0.5) is 0 Å². The molecule has 0 radical (unpaired) electrons. The zero-order valence-electron chi connectivity index (χ0n) is 11.7. The fourth-order valence-corrected chi connectivity index (χ4v) is 1.75. The van der Waals surface area contributed by atoms with Gasteiger partial charge in [0.05, 0.1) is 0 Å². The Morgan fingerprint density at radius 2 is 0.632 bits per heavy atom. The third kappa shape index (κ3) is 19.0. The summed E-state index contributed by atoms with van der Waals surface area (Å²) in [6.07, 6.45) is 28.0. The van der Waals surface area contributed by atoms with Gasteiger partial charge in [-0.3, -0.25) is 0 Å². The van der Waals surface area contributed by atoms with E-state index >= 15 is 0 Å². The predicted octanol–water partition coefficient (Wildman–Crippen LogP) is -0.646. The summed E-state index contributed by atoms with van der Waals surface area (Å²) in [7, 11) is 0. The Balaban J connectivity index is -0.000000233. The first-order valence-electron chi connectivity index (χ1n) is 6.63. The van der Waals surface area contributed by atoms with Crippen molar-refractivity contribution in [1.29, 1.82) is 0 Å². The predicted molar refractivity (Wildman–Crippen MR) is 73.5 cm³/mol. The van der Waals surface area contributed by atoms with Crippen LogP contribution in [0.2, 0.25) is 0 Å². The van der Waals surface area contributed by atoms with Crippen LogP contribution in [0.3, 0.4) is 0 Å². The minimum absolute atomic E-state index is 0. The van der Waals surface area contributed by atoms with Gasteiger partial charge in [0.15, 0.2) is 0 Å². The largest absolute Gasteiger partial charge is 2.00 e. The Kier molecular flexibility index (Phi) is 28.0. The van der Waals surface area contributed by atoms with Crippen LogP contribution in [-0.4, -0.2) is 0 Å². The van der Waals surface area contributed by atoms with Gasteiger partial charge in [-0.05, 0) is 51.4 Å². The van der Waals surface area contributed by atoms with Crippen molar-refractivity contribution >= 4 is 0 Å². The maximum Gasteiger partial charge on any atom is 2.00 e. The van der Waals surface area contributed by atoms with Crippen molar-refractivity contribution in [2.24, 2.45) is 0 Å². The monoisotopic (exact) mass is 512 g/mol. The fourth-order valence-electron chi connectivity index (χ4n) is 1.75. The van der Waals surface area contributed by atoms with E-state index in [1.165, 1.54) is 51.4 Å². The molecule has 0 N–H and O–H groups in total. The maximum atomic E-state index is 2.23. The Bertz CT molecular complexity index is 212. The summed E-state index contributed by atoms with van der Waals surface area (Å²) >= 11 is 0. The number of hydrogen-bond donors (Lipinski definition) is 0. The van der Waals surface area contributed by atoms with Crippen LogP contribution in [0.5, 0.6) is 0 Å². The van der Waals surface area contributed by atoms with Crippen molar-refractivity contribution in [2.75, 3.05) is 0 Å². The van der Waals surface area contributed by atoms with Gasteiger partial charge in [-0.2, -0.15) is 0 Å². The summed E-state index contributed by atoms with van der Waals surface area (Å²) in [4.78, 5) is 0. The third-order valence-corrected chi connectivity index (χ3v) is 2.75. The summed E-state index contributed by atoms with van der Waals surface area (Å²) in [5.74, 6) is 0. The Labute approximate surface area is 168 Å². The SMILES string of the molecule is C1=CCCCCC=C1.C1=CCCCCC=C1.[Cl-].[Cl-].[Ra+2]. The molecule has 0 amide bonds. The van der Waals surface area contributed by atoms with Gasteiger partial charge in [0.2, 0.25) is 0 Å². The summed E-state index contributed by atoms with van der Waals surface area (Å²) in [6, 6.07) is 0. The van der Waals surface area contributed by atoms with Crippen LogP contribution in [0.15, 0.2) is 48.6 Å². The Morgan fingerprint density at radius 1 is 0.421 bits per heavy atom. The van der Waals surface area contributed by atoms with Crippen LogP contribution in [0, 0.1) is 45.0 Å². The zero-order valence-corrected chi connectivity index (χ0v) is 19.1. The average molecular weight is 513 g/mol. The molecule has 0 aromatic carbocycles. The smallest absolute Gasteiger partial charge is 1.00 e. The second-order valence-electron chi connectivity index (χ2n) is 4.28. The summed E-state index contributed by atoms with van der Waals surface area (Å²) in [6.45, 7) is 0. The number of allylic oxidation sites excluding steroid dienone is 8. The van der Waals surface area contributed by atoms with E-state index in [0.29, 0.717) is 0 Å². The van der Waals surface area contributed by atoms with Crippen molar-refractivity contribution in [3.8, 4) is 0 Å². The number of halogens is 2. The molecule has 104 valence electrons. The van der Waals surface area contributed by atoms with Gasteiger partial charge in [0.1, 0.15) is 0 Å². The first kappa shape index (κ1) is 25.0. The molecule has 0 aliphatic heterocycles. The van der Waals surface area contributed by atoms with E-state index in [0.717, 1.165) is 0 Å². The average Bonchev–Trinajstić information content (AvgIpc) is 2.15. The van der Waals surface area contributed by atoms with Crippen molar-refractivity contribution in [3.05, 3.63) is 48.6 Å². The molecule has 0 bridgehead atoms. The van der Waals surface area contributed by atoms with E-state index in [9.17, 15) is 0 Å². The molecule has 0 aromatic rings. The molecular weight excluding hydrogens is 489 g/mol. The van der Waals surface area contributed by atoms with Crippen LogP contribution >= 0.6 is 0 Å². The van der Waals surface area contributed by atoms with Crippen molar-refractivity contribution in [1.82, 2.24) is 0 Å².